The molecule has 0 atom stereocenters. The Morgan fingerprint density at radius 2 is 1.86 bits per heavy atom. The van der Waals surface area contributed by atoms with Crippen molar-refractivity contribution in [3.8, 4) is 11.3 Å². The molecular weight excluding hydrogens is 270 g/mol. The first-order valence-corrected chi connectivity index (χ1v) is 6.70. The van der Waals surface area contributed by atoms with E-state index in [-0.39, 0.29) is 5.69 Å². The van der Waals surface area contributed by atoms with Gasteiger partial charge < -0.3 is 19.5 Å². The summed E-state index contributed by atoms with van der Waals surface area (Å²) in [5, 5.41) is 10.8. The molecule has 0 radical (unpaired) electrons. The summed E-state index contributed by atoms with van der Waals surface area (Å²) in [7, 11) is 0. The third-order valence-corrected chi connectivity index (χ3v) is 3.42. The molecule has 6 nitrogen and oxygen atoms in total. The van der Waals surface area contributed by atoms with Crippen LogP contribution < -0.4 is 10.0 Å². The second-order valence-corrected chi connectivity index (χ2v) is 4.72. The lowest BCUT2D eigenvalue weighted by atomic mass is 10.1. The van der Waals surface area contributed by atoms with Gasteiger partial charge in [-0.2, -0.15) is 0 Å². The minimum atomic E-state index is -1.30. The number of aromatic carboxylic acids is 1. The van der Waals surface area contributed by atoms with Gasteiger partial charge in [-0.25, -0.2) is 9.97 Å². The molecule has 0 saturated carbocycles. The average molecular weight is 284 g/mol. The maximum absolute atomic E-state index is 10.8. The van der Waals surface area contributed by atoms with Crippen LogP contribution in [0.2, 0.25) is 0 Å². The van der Waals surface area contributed by atoms with Crippen LogP contribution in [0.4, 0.5) is 5.69 Å². The topological polar surface area (TPSA) is 78.4 Å². The molecule has 1 aliphatic heterocycles. The lowest BCUT2D eigenvalue weighted by Gasteiger charge is -2.28. The average Bonchev–Trinajstić information content (AvgIpc) is 2.56. The second-order valence-electron chi connectivity index (χ2n) is 4.72. The SMILES string of the molecule is O=C([O-])c1cc(-c2ccc(N3CCOCC3)cc2)ncn1. The Labute approximate surface area is 122 Å². The number of morpholine rings is 1. The molecule has 0 amide bonds. The highest BCUT2D eigenvalue weighted by Crippen LogP contribution is 2.22. The van der Waals surface area contributed by atoms with Gasteiger partial charge in [-0.15, -0.1) is 0 Å². The Kier molecular flexibility index (Phi) is 3.79. The van der Waals surface area contributed by atoms with E-state index in [0.717, 1.165) is 37.6 Å². The predicted octanol–water partition coefficient (Wildman–Crippen LogP) is 0.344. The number of benzene rings is 1. The monoisotopic (exact) mass is 284 g/mol. The van der Waals surface area contributed by atoms with Gasteiger partial charge in [0.2, 0.25) is 0 Å². The van der Waals surface area contributed by atoms with E-state index in [1.807, 2.05) is 24.3 Å². The highest BCUT2D eigenvalue weighted by atomic mass is 16.5. The lowest BCUT2D eigenvalue weighted by Crippen LogP contribution is -2.36. The number of aromatic nitrogens is 2. The van der Waals surface area contributed by atoms with Gasteiger partial charge in [0.15, 0.2) is 0 Å². The van der Waals surface area contributed by atoms with E-state index in [4.69, 9.17) is 4.74 Å². The number of carboxylic acid groups (broad SMARTS) is 1. The minimum Gasteiger partial charge on any atom is -0.543 e. The summed E-state index contributed by atoms with van der Waals surface area (Å²) < 4.78 is 5.33. The van der Waals surface area contributed by atoms with Crippen molar-refractivity contribution in [1.29, 1.82) is 0 Å². The Bertz CT molecular complexity index is 637. The van der Waals surface area contributed by atoms with Crippen LogP contribution in [0.1, 0.15) is 10.5 Å². The standard InChI is InChI=1S/C15H15N3O3/c19-15(20)14-9-13(16-10-17-14)11-1-3-12(4-2-11)18-5-7-21-8-6-18/h1-4,9-10H,5-8H2,(H,19,20)/p-1. The third-order valence-electron chi connectivity index (χ3n) is 3.42. The molecule has 108 valence electrons. The molecule has 2 aromatic rings. The molecule has 0 spiro atoms. The van der Waals surface area contributed by atoms with Gasteiger partial charge in [-0.05, 0) is 18.2 Å². The van der Waals surface area contributed by atoms with Crippen LogP contribution >= 0.6 is 0 Å². The van der Waals surface area contributed by atoms with Gasteiger partial charge in [0.05, 0.1) is 30.6 Å². The summed E-state index contributed by atoms with van der Waals surface area (Å²) >= 11 is 0. The summed E-state index contributed by atoms with van der Waals surface area (Å²) in [4.78, 5) is 20.8. The number of nitrogens with zero attached hydrogens (tertiary/aromatic N) is 3. The van der Waals surface area contributed by atoms with Gasteiger partial charge in [-0.1, -0.05) is 12.1 Å². The van der Waals surface area contributed by atoms with Crippen molar-refractivity contribution in [2.24, 2.45) is 0 Å². The van der Waals surface area contributed by atoms with Crippen molar-refractivity contribution < 1.29 is 14.6 Å². The van der Waals surface area contributed by atoms with Crippen molar-refractivity contribution in [2.45, 2.75) is 0 Å². The number of carbonyl (C=O) groups is 1. The number of rotatable bonds is 3. The van der Waals surface area contributed by atoms with Crippen LogP contribution in [0, 0.1) is 0 Å². The fraction of sp³-hybridized carbons (Fsp3) is 0.267. The molecule has 3 rings (SSSR count). The highest BCUT2D eigenvalue weighted by molar-refractivity contribution is 5.84. The van der Waals surface area contributed by atoms with Crippen LogP contribution in [-0.2, 0) is 4.74 Å². The lowest BCUT2D eigenvalue weighted by molar-refractivity contribution is -0.255. The van der Waals surface area contributed by atoms with Crippen molar-refractivity contribution in [2.75, 3.05) is 31.2 Å². The van der Waals surface area contributed by atoms with Crippen molar-refractivity contribution in [3.05, 3.63) is 42.4 Å². The molecule has 1 aromatic carbocycles. The molecule has 1 aliphatic rings. The first-order valence-electron chi connectivity index (χ1n) is 6.70. The van der Waals surface area contributed by atoms with Crippen molar-refractivity contribution >= 4 is 11.7 Å². The smallest absolute Gasteiger partial charge is 0.116 e. The summed E-state index contributed by atoms with van der Waals surface area (Å²) in [6, 6.07) is 9.26. The molecule has 0 N–H and O–H groups in total. The van der Waals surface area contributed by atoms with E-state index < -0.39 is 5.97 Å². The highest BCUT2D eigenvalue weighted by Gasteiger charge is 2.11. The molecule has 1 aromatic heterocycles. The largest absolute Gasteiger partial charge is 0.543 e. The fourth-order valence-electron chi connectivity index (χ4n) is 2.29. The second kappa shape index (κ2) is 5.88. The predicted molar refractivity (Wildman–Crippen MR) is 74.8 cm³/mol. The first kappa shape index (κ1) is 13.5. The minimum absolute atomic E-state index is 0.114. The van der Waals surface area contributed by atoms with Gasteiger partial charge in [0.1, 0.15) is 6.33 Å². The Morgan fingerprint density at radius 1 is 1.14 bits per heavy atom. The molecule has 0 bridgehead atoms. The number of hydrogen-bond acceptors (Lipinski definition) is 6. The van der Waals surface area contributed by atoms with Gasteiger partial charge in [0.25, 0.3) is 0 Å². The normalized spacial score (nSPS) is 15.0. The van der Waals surface area contributed by atoms with E-state index in [1.54, 1.807) is 0 Å². The third kappa shape index (κ3) is 3.00. The van der Waals surface area contributed by atoms with E-state index in [2.05, 4.69) is 14.9 Å². The zero-order valence-corrected chi connectivity index (χ0v) is 11.4. The molecule has 0 unspecified atom stereocenters. The molecule has 1 saturated heterocycles. The Balaban J connectivity index is 1.83. The fourth-order valence-corrected chi connectivity index (χ4v) is 2.29. The molecule has 21 heavy (non-hydrogen) atoms. The van der Waals surface area contributed by atoms with Gasteiger partial charge >= 0.3 is 0 Å². The zero-order valence-electron chi connectivity index (χ0n) is 11.4. The maximum Gasteiger partial charge on any atom is 0.116 e. The van der Waals surface area contributed by atoms with E-state index in [0.29, 0.717) is 5.69 Å². The summed E-state index contributed by atoms with van der Waals surface area (Å²) in [5.74, 6) is -1.30. The number of anilines is 1. The molecular formula is C15H14N3O3-. The molecule has 0 aliphatic carbocycles. The number of carbonyl (C=O) groups excluding carboxylic acids is 1. The van der Waals surface area contributed by atoms with Crippen molar-refractivity contribution in [1.82, 2.24) is 9.97 Å². The van der Waals surface area contributed by atoms with Crippen molar-refractivity contribution in [3.63, 3.8) is 0 Å². The summed E-state index contributed by atoms with van der Waals surface area (Å²) in [6.45, 7) is 3.23. The zero-order chi connectivity index (χ0) is 14.7. The Morgan fingerprint density at radius 3 is 2.52 bits per heavy atom. The summed E-state index contributed by atoms with van der Waals surface area (Å²) in [5.41, 5.74) is 2.42. The van der Waals surface area contributed by atoms with Gasteiger partial charge in [0, 0.05) is 24.3 Å². The van der Waals surface area contributed by atoms with Crippen LogP contribution in [0.25, 0.3) is 11.3 Å². The van der Waals surface area contributed by atoms with Gasteiger partial charge in [-0.3, -0.25) is 0 Å². The van der Waals surface area contributed by atoms with Crippen LogP contribution in [0.15, 0.2) is 36.7 Å². The first-order chi connectivity index (χ1) is 10.2. The molecule has 6 heteroatoms. The number of ether oxygens (including phenoxy) is 1. The Hall–Kier alpha value is -2.47. The number of carboxylic acids is 1. The number of hydrogen-bond donors (Lipinski definition) is 0. The molecule has 1 fully saturated rings. The van der Waals surface area contributed by atoms with Crippen LogP contribution in [0.5, 0.6) is 0 Å². The van der Waals surface area contributed by atoms with E-state index >= 15 is 0 Å². The quantitative estimate of drug-likeness (QED) is 0.809. The molecule has 2 heterocycles. The van der Waals surface area contributed by atoms with E-state index in [1.165, 1.54) is 12.4 Å². The van der Waals surface area contributed by atoms with E-state index in [9.17, 15) is 9.90 Å². The summed E-state index contributed by atoms with van der Waals surface area (Å²) in [6.07, 6.45) is 1.23. The van der Waals surface area contributed by atoms with Crippen LogP contribution in [0.3, 0.4) is 0 Å². The van der Waals surface area contributed by atoms with Crippen LogP contribution in [-0.4, -0.2) is 42.2 Å². The maximum atomic E-state index is 10.8.